The van der Waals surface area contributed by atoms with E-state index in [-0.39, 0.29) is 17.5 Å². The number of aromatic nitrogens is 2. The highest BCUT2D eigenvalue weighted by Gasteiger charge is 2.29. The van der Waals surface area contributed by atoms with Crippen LogP contribution in [0.3, 0.4) is 0 Å². The molecule has 8 heteroatoms. The lowest BCUT2D eigenvalue weighted by Gasteiger charge is -2.34. The van der Waals surface area contributed by atoms with Crippen molar-refractivity contribution >= 4 is 10.0 Å². The average Bonchev–Trinajstić information content (AvgIpc) is 2.86. The smallest absolute Gasteiger partial charge is 0.243 e. The summed E-state index contributed by atoms with van der Waals surface area (Å²) >= 11 is 0. The molecule has 1 atom stereocenters. The van der Waals surface area contributed by atoms with E-state index < -0.39 is 10.0 Å². The van der Waals surface area contributed by atoms with Gasteiger partial charge in [-0.2, -0.15) is 4.98 Å². The highest BCUT2D eigenvalue weighted by molar-refractivity contribution is 7.88. The third kappa shape index (κ3) is 4.50. The van der Waals surface area contributed by atoms with Crippen molar-refractivity contribution in [3.8, 4) is 0 Å². The van der Waals surface area contributed by atoms with Gasteiger partial charge in [0.2, 0.25) is 15.9 Å². The number of rotatable bonds is 4. The molecule has 7 nitrogen and oxygen atoms in total. The van der Waals surface area contributed by atoms with Gasteiger partial charge in [-0.15, -0.1) is 0 Å². The molecule has 126 valence electrons. The number of likely N-dealkylation sites (tertiary alicyclic amines) is 1. The highest BCUT2D eigenvalue weighted by atomic mass is 32.2. The van der Waals surface area contributed by atoms with Gasteiger partial charge >= 0.3 is 0 Å². The van der Waals surface area contributed by atoms with E-state index in [1.807, 2.05) is 6.92 Å². The Labute approximate surface area is 132 Å². The average molecular weight is 330 g/mol. The SMILES string of the molecule is C[C@H](c1nc(C(C)(C)C)no1)N1CCC(NS(C)(=O)=O)CC1. The van der Waals surface area contributed by atoms with Crippen LogP contribution in [0.15, 0.2) is 4.52 Å². The summed E-state index contributed by atoms with van der Waals surface area (Å²) in [6.45, 7) is 9.81. The van der Waals surface area contributed by atoms with Crippen molar-refractivity contribution < 1.29 is 12.9 Å². The maximum Gasteiger partial charge on any atom is 0.243 e. The summed E-state index contributed by atoms with van der Waals surface area (Å²) in [7, 11) is -3.14. The van der Waals surface area contributed by atoms with Crippen LogP contribution in [0.2, 0.25) is 0 Å². The van der Waals surface area contributed by atoms with Gasteiger partial charge in [0.1, 0.15) is 0 Å². The fourth-order valence-corrected chi connectivity index (χ4v) is 3.41. The zero-order chi connectivity index (χ0) is 16.5. The topological polar surface area (TPSA) is 88.3 Å². The molecule has 0 saturated carbocycles. The fourth-order valence-electron chi connectivity index (χ4n) is 2.57. The van der Waals surface area contributed by atoms with Crippen LogP contribution in [0.5, 0.6) is 0 Å². The molecule has 0 bridgehead atoms. The van der Waals surface area contributed by atoms with Gasteiger partial charge in [-0.05, 0) is 19.8 Å². The van der Waals surface area contributed by atoms with E-state index in [1.165, 1.54) is 6.26 Å². The second-order valence-corrected chi connectivity index (χ2v) is 8.86. The van der Waals surface area contributed by atoms with Gasteiger partial charge in [-0.25, -0.2) is 13.1 Å². The van der Waals surface area contributed by atoms with Gasteiger partial charge in [-0.1, -0.05) is 25.9 Å². The van der Waals surface area contributed by atoms with Crippen molar-refractivity contribution in [3.63, 3.8) is 0 Å². The first-order valence-corrected chi connectivity index (χ1v) is 9.51. The lowest BCUT2D eigenvalue weighted by Crippen LogP contribution is -2.45. The van der Waals surface area contributed by atoms with E-state index in [2.05, 4.69) is 40.5 Å². The van der Waals surface area contributed by atoms with Crippen LogP contribution in [-0.2, 0) is 15.4 Å². The molecule has 0 spiro atoms. The predicted octanol–water partition coefficient (Wildman–Crippen LogP) is 1.44. The Morgan fingerprint density at radius 2 is 1.91 bits per heavy atom. The molecule has 1 aliphatic heterocycles. The third-order valence-corrected chi connectivity index (χ3v) is 4.69. The van der Waals surface area contributed by atoms with E-state index in [9.17, 15) is 8.42 Å². The summed E-state index contributed by atoms with van der Waals surface area (Å²) in [5.74, 6) is 1.34. The van der Waals surface area contributed by atoms with Crippen LogP contribution in [-0.4, -0.2) is 48.8 Å². The molecule has 2 heterocycles. The number of hydrogen-bond donors (Lipinski definition) is 1. The zero-order valence-electron chi connectivity index (χ0n) is 14.0. The minimum absolute atomic E-state index is 0.0197. The molecular formula is C14H26N4O3S. The Morgan fingerprint density at radius 1 is 1.32 bits per heavy atom. The molecule has 22 heavy (non-hydrogen) atoms. The number of hydrogen-bond acceptors (Lipinski definition) is 6. The van der Waals surface area contributed by atoms with E-state index in [4.69, 9.17) is 4.52 Å². The molecular weight excluding hydrogens is 304 g/mol. The second kappa shape index (κ2) is 6.25. The lowest BCUT2D eigenvalue weighted by atomic mass is 9.96. The Morgan fingerprint density at radius 3 is 2.36 bits per heavy atom. The number of nitrogens with zero attached hydrogens (tertiary/aromatic N) is 3. The predicted molar refractivity (Wildman–Crippen MR) is 84.0 cm³/mol. The Balaban J connectivity index is 1.95. The van der Waals surface area contributed by atoms with Crippen LogP contribution < -0.4 is 4.72 Å². The first-order valence-electron chi connectivity index (χ1n) is 7.62. The summed E-state index contributed by atoms with van der Waals surface area (Å²) in [6.07, 6.45) is 2.78. The molecule has 1 fully saturated rings. The molecule has 0 aromatic carbocycles. The summed E-state index contributed by atoms with van der Waals surface area (Å²) < 4.78 is 30.6. The maximum atomic E-state index is 11.3. The Bertz CT molecular complexity index is 598. The van der Waals surface area contributed by atoms with Gasteiger partial charge in [-0.3, -0.25) is 4.90 Å². The van der Waals surface area contributed by atoms with Crippen LogP contribution in [0.1, 0.15) is 58.3 Å². The van der Waals surface area contributed by atoms with E-state index in [1.54, 1.807) is 0 Å². The van der Waals surface area contributed by atoms with Crippen LogP contribution in [0.4, 0.5) is 0 Å². The molecule has 1 aliphatic rings. The molecule has 1 aromatic heterocycles. The first kappa shape index (κ1) is 17.4. The molecule has 0 unspecified atom stereocenters. The summed E-state index contributed by atoms with van der Waals surface area (Å²) in [4.78, 5) is 6.75. The van der Waals surface area contributed by atoms with Crippen molar-refractivity contribution in [3.05, 3.63) is 11.7 Å². The molecule has 1 saturated heterocycles. The Hall–Kier alpha value is -0.990. The van der Waals surface area contributed by atoms with Crippen LogP contribution in [0.25, 0.3) is 0 Å². The molecule has 2 rings (SSSR count). The van der Waals surface area contributed by atoms with Gasteiger partial charge in [0.15, 0.2) is 5.82 Å². The summed E-state index contributed by atoms with van der Waals surface area (Å²) in [5, 5.41) is 4.06. The number of piperidine rings is 1. The van der Waals surface area contributed by atoms with Gasteiger partial charge in [0, 0.05) is 24.5 Å². The zero-order valence-corrected chi connectivity index (χ0v) is 14.8. The van der Waals surface area contributed by atoms with Crippen molar-refractivity contribution in [2.75, 3.05) is 19.3 Å². The number of sulfonamides is 1. The standard InChI is InChI=1S/C14H26N4O3S/c1-10(12-15-13(16-21-12)14(2,3)4)18-8-6-11(7-9-18)17-22(5,19)20/h10-11,17H,6-9H2,1-5H3/t10-/m1/s1. The molecule has 1 N–H and O–H groups in total. The van der Waals surface area contributed by atoms with Crippen molar-refractivity contribution in [2.24, 2.45) is 0 Å². The van der Waals surface area contributed by atoms with Crippen molar-refractivity contribution in [1.29, 1.82) is 0 Å². The largest absolute Gasteiger partial charge is 0.338 e. The van der Waals surface area contributed by atoms with Crippen LogP contribution >= 0.6 is 0 Å². The minimum atomic E-state index is -3.14. The minimum Gasteiger partial charge on any atom is -0.338 e. The number of nitrogens with one attached hydrogen (secondary N) is 1. The summed E-state index contributed by atoms with van der Waals surface area (Å²) in [6, 6.07) is 0.0639. The maximum absolute atomic E-state index is 11.3. The second-order valence-electron chi connectivity index (χ2n) is 7.08. The molecule has 0 amide bonds. The highest BCUT2D eigenvalue weighted by Crippen LogP contribution is 2.26. The summed E-state index contributed by atoms with van der Waals surface area (Å²) in [5.41, 5.74) is -0.131. The Kier molecular flexibility index (Phi) is 4.93. The van der Waals surface area contributed by atoms with Crippen LogP contribution in [0, 0.1) is 0 Å². The molecule has 0 aliphatic carbocycles. The quantitative estimate of drug-likeness (QED) is 0.899. The molecule has 0 radical (unpaired) electrons. The van der Waals surface area contributed by atoms with Crippen molar-refractivity contribution in [1.82, 2.24) is 19.8 Å². The lowest BCUT2D eigenvalue weighted by molar-refractivity contribution is 0.134. The van der Waals surface area contributed by atoms with E-state index in [0.29, 0.717) is 11.7 Å². The van der Waals surface area contributed by atoms with E-state index in [0.717, 1.165) is 25.9 Å². The van der Waals surface area contributed by atoms with E-state index >= 15 is 0 Å². The van der Waals surface area contributed by atoms with Gasteiger partial charge in [0.25, 0.3) is 0 Å². The fraction of sp³-hybridized carbons (Fsp3) is 0.857. The molecule has 1 aromatic rings. The third-order valence-electron chi connectivity index (χ3n) is 3.93. The monoisotopic (exact) mass is 330 g/mol. The normalized spacial score (nSPS) is 20.2. The first-order chi connectivity index (χ1) is 10.1. The van der Waals surface area contributed by atoms with Crippen molar-refractivity contribution in [2.45, 2.75) is 58.0 Å². The van der Waals surface area contributed by atoms with Gasteiger partial charge in [0.05, 0.1) is 12.3 Å². The van der Waals surface area contributed by atoms with Gasteiger partial charge < -0.3 is 4.52 Å².